The molecule has 98 valence electrons. The van der Waals surface area contributed by atoms with E-state index in [-0.39, 0.29) is 24.8 Å². The smallest absolute Gasteiger partial charge is 0.248 e. The molecule has 1 heterocycles. The number of hydrogen-bond donors (Lipinski definition) is 1. The summed E-state index contributed by atoms with van der Waals surface area (Å²) in [6.07, 6.45) is 5.40. The van der Waals surface area contributed by atoms with Crippen LogP contribution in [0.15, 0.2) is 11.8 Å². The monoisotopic (exact) mass is 245 g/mol. The van der Waals surface area contributed by atoms with Gasteiger partial charge in [-0.2, -0.15) is 0 Å². The van der Waals surface area contributed by atoms with Crippen molar-refractivity contribution < 1.29 is 13.5 Å². The van der Waals surface area contributed by atoms with Gasteiger partial charge in [0.15, 0.2) is 0 Å². The van der Waals surface area contributed by atoms with Crippen LogP contribution in [0.4, 0.5) is 8.78 Å². The predicted octanol–water partition coefficient (Wildman–Crippen LogP) is 3.09. The van der Waals surface area contributed by atoms with Crippen molar-refractivity contribution in [1.29, 1.82) is 0 Å². The van der Waals surface area contributed by atoms with Gasteiger partial charge in [0.05, 0.1) is 12.6 Å². The quantitative estimate of drug-likeness (QED) is 0.825. The number of ether oxygens (including phenoxy) is 1. The van der Waals surface area contributed by atoms with Crippen LogP contribution in [-0.4, -0.2) is 25.6 Å². The van der Waals surface area contributed by atoms with Gasteiger partial charge < -0.3 is 10.1 Å². The number of hydrogen-bond acceptors (Lipinski definition) is 2. The number of allylic oxidation sites excluding steroid dienone is 1. The van der Waals surface area contributed by atoms with Crippen LogP contribution in [0.25, 0.3) is 0 Å². The Morgan fingerprint density at radius 1 is 1.41 bits per heavy atom. The van der Waals surface area contributed by atoms with E-state index >= 15 is 0 Å². The van der Waals surface area contributed by atoms with Crippen LogP contribution in [0.2, 0.25) is 0 Å². The minimum Gasteiger partial charge on any atom is -0.497 e. The molecule has 0 saturated heterocycles. The van der Waals surface area contributed by atoms with Crippen molar-refractivity contribution in [3.63, 3.8) is 0 Å². The van der Waals surface area contributed by atoms with Crippen molar-refractivity contribution in [1.82, 2.24) is 5.32 Å². The lowest BCUT2D eigenvalue weighted by atomic mass is 9.81. The molecule has 2 rings (SSSR count). The van der Waals surface area contributed by atoms with Crippen LogP contribution < -0.4 is 5.32 Å². The van der Waals surface area contributed by atoms with E-state index in [9.17, 15) is 8.78 Å². The van der Waals surface area contributed by atoms with Crippen LogP contribution in [0, 0.1) is 5.92 Å². The lowest BCUT2D eigenvalue weighted by molar-refractivity contribution is -0.0501. The Kier molecular flexibility index (Phi) is 4.02. The molecule has 0 radical (unpaired) electrons. The number of halogens is 2. The molecule has 0 aromatic heterocycles. The van der Waals surface area contributed by atoms with Gasteiger partial charge in [0, 0.05) is 12.8 Å². The summed E-state index contributed by atoms with van der Waals surface area (Å²) in [6.45, 7) is 0.757. The van der Waals surface area contributed by atoms with Crippen LogP contribution in [0.3, 0.4) is 0 Å². The molecular weight excluding hydrogens is 224 g/mol. The highest BCUT2D eigenvalue weighted by Gasteiger charge is 2.38. The van der Waals surface area contributed by atoms with Gasteiger partial charge in [0.1, 0.15) is 5.76 Å². The van der Waals surface area contributed by atoms with E-state index in [1.165, 1.54) is 0 Å². The molecule has 1 saturated carbocycles. The van der Waals surface area contributed by atoms with E-state index in [1.807, 2.05) is 7.05 Å². The van der Waals surface area contributed by atoms with Crippen LogP contribution in [0.5, 0.6) is 0 Å². The van der Waals surface area contributed by atoms with E-state index in [4.69, 9.17) is 4.74 Å². The molecule has 1 fully saturated rings. The van der Waals surface area contributed by atoms with Gasteiger partial charge in [-0.1, -0.05) is 0 Å². The first kappa shape index (κ1) is 12.8. The highest BCUT2D eigenvalue weighted by molar-refractivity contribution is 5.08. The topological polar surface area (TPSA) is 21.3 Å². The number of alkyl halides is 2. The van der Waals surface area contributed by atoms with E-state index in [0.717, 1.165) is 25.2 Å². The number of likely N-dealkylation sites (N-methyl/N-ethyl adjacent to an activating group) is 1. The maximum Gasteiger partial charge on any atom is 0.248 e. The summed E-state index contributed by atoms with van der Waals surface area (Å²) in [5.41, 5.74) is 0. The van der Waals surface area contributed by atoms with Crippen molar-refractivity contribution >= 4 is 0 Å². The molecule has 2 nitrogen and oxygen atoms in total. The average Bonchev–Trinajstić information content (AvgIpc) is 2.33. The Hall–Kier alpha value is -0.640. The maximum absolute atomic E-state index is 13.1. The lowest BCUT2D eigenvalue weighted by Crippen LogP contribution is -2.40. The van der Waals surface area contributed by atoms with Gasteiger partial charge in [0.2, 0.25) is 5.92 Å². The largest absolute Gasteiger partial charge is 0.497 e. The average molecular weight is 245 g/mol. The second-order valence-corrected chi connectivity index (χ2v) is 5.06. The molecule has 0 aromatic carbocycles. The first-order valence-electron chi connectivity index (χ1n) is 6.50. The van der Waals surface area contributed by atoms with E-state index < -0.39 is 5.92 Å². The Morgan fingerprint density at radius 3 is 2.65 bits per heavy atom. The van der Waals surface area contributed by atoms with E-state index in [2.05, 4.69) is 11.4 Å². The van der Waals surface area contributed by atoms with Crippen LogP contribution >= 0.6 is 0 Å². The molecule has 1 aliphatic heterocycles. The molecule has 0 amide bonds. The van der Waals surface area contributed by atoms with E-state index in [1.54, 1.807) is 0 Å². The Labute approximate surface area is 101 Å². The first-order chi connectivity index (χ1) is 8.12. The molecule has 0 aromatic rings. The summed E-state index contributed by atoms with van der Waals surface area (Å²) < 4.78 is 31.9. The summed E-state index contributed by atoms with van der Waals surface area (Å²) in [4.78, 5) is 0. The molecular formula is C13H21F2NO. The standard InChI is InChI=1S/C13H21F2NO/c1-16-12(11-4-2-3-9-17-11)10-5-7-13(14,15)8-6-10/h4,10,12,16H,2-3,5-9H2,1H3. The number of rotatable bonds is 3. The van der Waals surface area contributed by atoms with Crippen LogP contribution in [0.1, 0.15) is 38.5 Å². The molecule has 2 aliphatic rings. The molecule has 1 unspecified atom stereocenters. The minimum atomic E-state index is -2.45. The normalized spacial score (nSPS) is 27.1. The van der Waals surface area contributed by atoms with Crippen molar-refractivity contribution in [2.45, 2.75) is 50.5 Å². The van der Waals surface area contributed by atoms with Crippen LogP contribution in [-0.2, 0) is 4.74 Å². The van der Waals surface area contributed by atoms with Gasteiger partial charge in [-0.25, -0.2) is 8.78 Å². The maximum atomic E-state index is 13.1. The van der Waals surface area contributed by atoms with Crippen molar-refractivity contribution in [2.75, 3.05) is 13.7 Å². The third-order valence-corrected chi connectivity index (χ3v) is 3.81. The molecule has 0 bridgehead atoms. The molecule has 0 spiro atoms. The highest BCUT2D eigenvalue weighted by Crippen LogP contribution is 2.39. The Balaban J connectivity index is 1.97. The van der Waals surface area contributed by atoms with Crippen molar-refractivity contribution in [3.05, 3.63) is 11.8 Å². The predicted molar refractivity (Wildman–Crippen MR) is 63.0 cm³/mol. The first-order valence-corrected chi connectivity index (χ1v) is 6.50. The zero-order valence-electron chi connectivity index (χ0n) is 10.3. The summed E-state index contributed by atoms with van der Waals surface area (Å²) >= 11 is 0. The van der Waals surface area contributed by atoms with Crippen molar-refractivity contribution in [3.8, 4) is 0 Å². The van der Waals surface area contributed by atoms with Gasteiger partial charge in [-0.15, -0.1) is 0 Å². The third kappa shape index (κ3) is 3.18. The van der Waals surface area contributed by atoms with Gasteiger partial charge in [0.25, 0.3) is 0 Å². The summed E-state index contributed by atoms with van der Waals surface area (Å²) in [7, 11) is 1.89. The lowest BCUT2D eigenvalue weighted by Gasteiger charge is -2.35. The number of nitrogens with one attached hydrogen (secondary N) is 1. The second kappa shape index (κ2) is 5.34. The summed E-state index contributed by atoms with van der Waals surface area (Å²) in [6, 6.07) is 0.117. The van der Waals surface area contributed by atoms with Crippen molar-refractivity contribution in [2.24, 2.45) is 5.92 Å². The fraction of sp³-hybridized carbons (Fsp3) is 0.846. The van der Waals surface area contributed by atoms with Gasteiger partial charge in [-0.3, -0.25) is 0 Å². The minimum absolute atomic E-state index is 0.0170. The highest BCUT2D eigenvalue weighted by atomic mass is 19.3. The molecule has 4 heteroatoms. The van der Waals surface area contributed by atoms with Gasteiger partial charge in [-0.05, 0) is 44.7 Å². The fourth-order valence-corrected chi connectivity index (χ4v) is 2.80. The zero-order chi connectivity index (χ0) is 12.3. The Bertz CT molecular complexity index is 281. The second-order valence-electron chi connectivity index (χ2n) is 5.06. The third-order valence-electron chi connectivity index (χ3n) is 3.81. The molecule has 17 heavy (non-hydrogen) atoms. The molecule has 1 atom stereocenters. The summed E-state index contributed by atoms with van der Waals surface area (Å²) in [5.74, 6) is -1.20. The fourth-order valence-electron chi connectivity index (χ4n) is 2.80. The SMILES string of the molecule is CNC(C1=CCCCO1)C1CCC(F)(F)CC1. The van der Waals surface area contributed by atoms with Gasteiger partial charge >= 0.3 is 0 Å². The Morgan fingerprint density at radius 2 is 2.12 bits per heavy atom. The summed E-state index contributed by atoms with van der Waals surface area (Å²) in [5, 5.41) is 3.23. The zero-order valence-corrected chi connectivity index (χ0v) is 10.3. The van der Waals surface area contributed by atoms with E-state index in [0.29, 0.717) is 12.8 Å². The molecule has 1 aliphatic carbocycles. The molecule has 1 N–H and O–H groups in total.